The maximum absolute atomic E-state index is 5.88. The summed E-state index contributed by atoms with van der Waals surface area (Å²) in [6, 6.07) is 0.237. The summed E-state index contributed by atoms with van der Waals surface area (Å²) in [6.45, 7) is 1.58. The highest BCUT2D eigenvalue weighted by Crippen LogP contribution is 2.40. The molecule has 1 aliphatic carbocycles. The molecule has 6 heteroatoms. The summed E-state index contributed by atoms with van der Waals surface area (Å²) in [5.41, 5.74) is 0. The van der Waals surface area contributed by atoms with Gasteiger partial charge in [-0.25, -0.2) is 9.97 Å². The molecule has 21 heavy (non-hydrogen) atoms. The Bertz CT molecular complexity index is 591. The fourth-order valence-corrected chi connectivity index (χ4v) is 3.08. The summed E-state index contributed by atoms with van der Waals surface area (Å²) in [4.78, 5) is 14.4. The number of likely N-dealkylation sites (tertiary alicyclic amines) is 1. The predicted molar refractivity (Wildman–Crippen MR) is 75.6 cm³/mol. The highest BCUT2D eigenvalue weighted by Gasteiger charge is 2.36. The number of hydrogen-bond acceptors (Lipinski definition) is 5. The summed E-state index contributed by atoms with van der Waals surface area (Å²) in [5, 5.41) is 0. The van der Waals surface area contributed by atoms with E-state index in [4.69, 9.17) is 9.15 Å². The van der Waals surface area contributed by atoms with Gasteiger partial charge in [0.05, 0.1) is 24.9 Å². The highest BCUT2D eigenvalue weighted by molar-refractivity contribution is 5.09. The van der Waals surface area contributed by atoms with Crippen molar-refractivity contribution in [3.8, 4) is 0 Å². The zero-order valence-electron chi connectivity index (χ0n) is 12.2. The third-order valence-electron chi connectivity index (χ3n) is 4.42. The first-order valence-electron chi connectivity index (χ1n) is 7.54. The lowest BCUT2D eigenvalue weighted by Gasteiger charge is -2.20. The second-order valence-corrected chi connectivity index (χ2v) is 5.94. The third-order valence-corrected chi connectivity index (χ3v) is 4.42. The molecule has 112 valence electrons. The molecule has 0 bridgehead atoms. The Morgan fingerprint density at radius 2 is 2.33 bits per heavy atom. The molecule has 3 heterocycles. The summed E-state index contributed by atoms with van der Waals surface area (Å²) in [5.74, 6) is 3.44. The molecule has 0 amide bonds. The van der Waals surface area contributed by atoms with Gasteiger partial charge in [0.2, 0.25) is 5.89 Å². The Labute approximate surface area is 123 Å². The quantitative estimate of drug-likeness (QED) is 0.914. The van der Waals surface area contributed by atoms with Gasteiger partial charge in [0, 0.05) is 32.0 Å². The Balaban J connectivity index is 1.50. The number of aromatic nitrogens is 3. The van der Waals surface area contributed by atoms with Gasteiger partial charge in [0.25, 0.3) is 0 Å². The van der Waals surface area contributed by atoms with Gasteiger partial charge in [0.1, 0.15) is 11.6 Å². The number of H-pyrrole nitrogens is 1. The number of hydrogen-bond donors (Lipinski definition) is 1. The van der Waals surface area contributed by atoms with Crippen molar-refractivity contribution in [3.05, 3.63) is 36.1 Å². The first-order valence-corrected chi connectivity index (χ1v) is 7.54. The van der Waals surface area contributed by atoms with Crippen LogP contribution in [0, 0.1) is 0 Å². The smallest absolute Gasteiger partial charge is 0.208 e. The summed E-state index contributed by atoms with van der Waals surface area (Å²) >= 11 is 0. The van der Waals surface area contributed by atoms with Crippen molar-refractivity contribution in [2.24, 2.45) is 0 Å². The summed E-state index contributed by atoms with van der Waals surface area (Å²) in [7, 11) is 1.77. The maximum atomic E-state index is 5.88. The topological polar surface area (TPSA) is 67.2 Å². The van der Waals surface area contributed by atoms with Crippen molar-refractivity contribution in [1.29, 1.82) is 0 Å². The number of imidazole rings is 1. The van der Waals surface area contributed by atoms with E-state index >= 15 is 0 Å². The third kappa shape index (κ3) is 2.61. The SMILES string of the molecule is CO[C@@H]1CC(c2ncc[nH]2)N(Cc2ncc(C3CC3)o2)C1. The summed E-state index contributed by atoms with van der Waals surface area (Å²) < 4.78 is 11.4. The van der Waals surface area contributed by atoms with Crippen LogP contribution in [0.1, 0.15) is 48.7 Å². The molecule has 2 aliphatic rings. The van der Waals surface area contributed by atoms with Crippen molar-refractivity contribution < 1.29 is 9.15 Å². The molecular formula is C15H20N4O2. The van der Waals surface area contributed by atoms with Crippen molar-refractivity contribution in [3.63, 3.8) is 0 Å². The molecule has 1 unspecified atom stereocenters. The van der Waals surface area contributed by atoms with Crippen molar-refractivity contribution in [2.75, 3.05) is 13.7 Å². The molecule has 2 atom stereocenters. The minimum absolute atomic E-state index is 0.234. The first kappa shape index (κ1) is 13.0. The van der Waals surface area contributed by atoms with Gasteiger partial charge in [-0.1, -0.05) is 0 Å². The lowest BCUT2D eigenvalue weighted by Crippen LogP contribution is -2.25. The van der Waals surface area contributed by atoms with Gasteiger partial charge >= 0.3 is 0 Å². The molecule has 2 aromatic rings. The molecule has 0 aromatic carbocycles. The van der Waals surface area contributed by atoms with Crippen LogP contribution in [-0.2, 0) is 11.3 Å². The van der Waals surface area contributed by atoms with E-state index in [2.05, 4.69) is 19.9 Å². The minimum atomic E-state index is 0.234. The maximum Gasteiger partial charge on any atom is 0.208 e. The zero-order chi connectivity index (χ0) is 14.2. The van der Waals surface area contributed by atoms with Crippen LogP contribution in [0.4, 0.5) is 0 Å². The van der Waals surface area contributed by atoms with Gasteiger partial charge in [-0.15, -0.1) is 0 Å². The molecule has 0 spiro atoms. The van der Waals surface area contributed by atoms with E-state index in [1.165, 1.54) is 12.8 Å². The van der Waals surface area contributed by atoms with E-state index in [9.17, 15) is 0 Å². The minimum Gasteiger partial charge on any atom is -0.444 e. The van der Waals surface area contributed by atoms with Crippen molar-refractivity contribution >= 4 is 0 Å². The fraction of sp³-hybridized carbons (Fsp3) is 0.600. The van der Waals surface area contributed by atoms with Gasteiger partial charge in [-0.2, -0.15) is 0 Å². The molecule has 2 fully saturated rings. The van der Waals surface area contributed by atoms with Crippen LogP contribution in [0.2, 0.25) is 0 Å². The molecule has 6 nitrogen and oxygen atoms in total. The number of rotatable bonds is 5. The molecule has 1 aliphatic heterocycles. The number of oxazole rings is 1. The van der Waals surface area contributed by atoms with E-state index in [0.29, 0.717) is 12.5 Å². The van der Waals surface area contributed by atoms with Crippen LogP contribution in [0.3, 0.4) is 0 Å². The summed E-state index contributed by atoms with van der Waals surface area (Å²) in [6.07, 6.45) is 9.20. The number of methoxy groups -OCH3 is 1. The number of nitrogens with one attached hydrogen (secondary N) is 1. The molecular weight excluding hydrogens is 268 g/mol. The molecule has 1 saturated carbocycles. The van der Waals surface area contributed by atoms with Gasteiger partial charge in [-0.3, -0.25) is 4.90 Å². The normalized spacial score (nSPS) is 26.5. The van der Waals surface area contributed by atoms with Crippen LogP contribution in [0.15, 0.2) is 23.0 Å². The Morgan fingerprint density at radius 1 is 1.43 bits per heavy atom. The van der Waals surface area contributed by atoms with E-state index < -0.39 is 0 Å². The van der Waals surface area contributed by atoms with E-state index in [1.807, 2.05) is 12.4 Å². The molecule has 0 radical (unpaired) electrons. The van der Waals surface area contributed by atoms with Crippen molar-refractivity contribution in [2.45, 2.75) is 43.9 Å². The lowest BCUT2D eigenvalue weighted by molar-refractivity contribution is 0.106. The van der Waals surface area contributed by atoms with Crippen LogP contribution >= 0.6 is 0 Å². The van der Waals surface area contributed by atoms with Gasteiger partial charge in [0.15, 0.2) is 0 Å². The average molecular weight is 288 g/mol. The van der Waals surface area contributed by atoms with Gasteiger partial charge in [-0.05, 0) is 19.3 Å². The van der Waals surface area contributed by atoms with Crippen molar-refractivity contribution in [1.82, 2.24) is 19.9 Å². The van der Waals surface area contributed by atoms with E-state index in [1.54, 1.807) is 13.3 Å². The second kappa shape index (κ2) is 5.27. The van der Waals surface area contributed by atoms with Crippen LogP contribution < -0.4 is 0 Å². The largest absolute Gasteiger partial charge is 0.444 e. The van der Waals surface area contributed by atoms with Crippen LogP contribution in [0.5, 0.6) is 0 Å². The Morgan fingerprint density at radius 3 is 3.05 bits per heavy atom. The molecule has 1 saturated heterocycles. The molecule has 4 rings (SSSR count). The standard InChI is InChI=1S/C15H20N4O2/c1-20-11-6-12(15-16-4-5-17-15)19(8-11)9-14-18-7-13(21-14)10-2-3-10/h4-5,7,10-12H,2-3,6,8-9H2,1H3,(H,16,17)/t11-,12?/m1/s1. The van der Waals surface area contributed by atoms with Gasteiger partial charge < -0.3 is 14.1 Å². The van der Waals surface area contributed by atoms with E-state index in [-0.39, 0.29) is 12.1 Å². The number of nitrogens with zero attached hydrogens (tertiary/aromatic N) is 3. The first-order chi connectivity index (χ1) is 10.3. The van der Waals surface area contributed by atoms with E-state index in [0.717, 1.165) is 30.4 Å². The average Bonchev–Trinajstić information content (AvgIpc) is 2.95. The van der Waals surface area contributed by atoms with Crippen LogP contribution in [0.25, 0.3) is 0 Å². The fourth-order valence-electron chi connectivity index (χ4n) is 3.08. The number of ether oxygens (including phenoxy) is 1. The van der Waals surface area contributed by atoms with Crippen LogP contribution in [-0.4, -0.2) is 39.6 Å². The second-order valence-electron chi connectivity index (χ2n) is 5.94. The Hall–Kier alpha value is -1.66. The Kier molecular flexibility index (Phi) is 3.27. The molecule has 1 N–H and O–H groups in total. The monoisotopic (exact) mass is 288 g/mol. The highest BCUT2D eigenvalue weighted by atomic mass is 16.5. The zero-order valence-corrected chi connectivity index (χ0v) is 12.2. The molecule has 2 aromatic heterocycles. The number of aromatic amines is 1. The predicted octanol–water partition coefficient (Wildman–Crippen LogP) is 2.24. The lowest BCUT2D eigenvalue weighted by atomic mass is 10.2.